The number of rotatable bonds is 1. The fraction of sp³-hybridized carbons (Fsp3) is 0. The van der Waals surface area contributed by atoms with E-state index in [0.29, 0.717) is 0 Å². The summed E-state index contributed by atoms with van der Waals surface area (Å²) in [6.45, 7) is 0. The van der Waals surface area contributed by atoms with Crippen LogP contribution in [0.15, 0.2) is 36.4 Å². The SMILES string of the molecule is Oc1ccc(NCl)c2ccccc12. The largest absolute Gasteiger partial charge is 0.507 e. The predicted octanol–water partition coefficient (Wildman–Crippen LogP) is 3.11. The summed E-state index contributed by atoms with van der Waals surface area (Å²) >= 11 is 5.53. The molecule has 2 aromatic carbocycles. The fourth-order valence-corrected chi connectivity index (χ4v) is 1.53. The molecule has 2 rings (SSSR count). The summed E-state index contributed by atoms with van der Waals surface area (Å²) in [5, 5.41) is 11.2. The average molecular weight is 194 g/mol. The van der Waals surface area contributed by atoms with Crippen LogP contribution in [-0.4, -0.2) is 5.11 Å². The van der Waals surface area contributed by atoms with Gasteiger partial charge in [-0.15, -0.1) is 0 Å². The summed E-state index contributed by atoms with van der Waals surface area (Å²) in [4.78, 5) is 2.56. The average Bonchev–Trinajstić information content (AvgIpc) is 2.19. The number of nitrogens with one attached hydrogen (secondary N) is 1. The molecule has 0 aromatic heterocycles. The normalized spacial score (nSPS) is 10.2. The molecule has 0 saturated carbocycles. The van der Waals surface area contributed by atoms with Crippen LogP contribution >= 0.6 is 11.8 Å². The maximum atomic E-state index is 9.52. The van der Waals surface area contributed by atoms with E-state index in [2.05, 4.69) is 4.84 Å². The van der Waals surface area contributed by atoms with Crippen molar-refractivity contribution in [3.05, 3.63) is 36.4 Å². The van der Waals surface area contributed by atoms with Gasteiger partial charge in [-0.25, -0.2) is 0 Å². The minimum absolute atomic E-state index is 0.270. The zero-order valence-electron chi connectivity index (χ0n) is 6.79. The van der Waals surface area contributed by atoms with E-state index in [1.54, 1.807) is 12.1 Å². The van der Waals surface area contributed by atoms with Crippen molar-refractivity contribution in [3.8, 4) is 5.75 Å². The Morgan fingerprint density at radius 2 is 1.69 bits per heavy atom. The van der Waals surface area contributed by atoms with Crippen molar-refractivity contribution in [2.24, 2.45) is 0 Å². The molecule has 0 radical (unpaired) electrons. The predicted molar refractivity (Wildman–Crippen MR) is 55.1 cm³/mol. The Morgan fingerprint density at radius 3 is 2.38 bits per heavy atom. The smallest absolute Gasteiger partial charge is 0.123 e. The minimum atomic E-state index is 0.270. The van der Waals surface area contributed by atoms with Crippen molar-refractivity contribution in [1.29, 1.82) is 0 Å². The van der Waals surface area contributed by atoms with Gasteiger partial charge in [0, 0.05) is 22.5 Å². The van der Waals surface area contributed by atoms with Crippen LogP contribution in [0.25, 0.3) is 10.8 Å². The second-order valence-electron chi connectivity index (χ2n) is 2.77. The summed E-state index contributed by atoms with van der Waals surface area (Å²) in [5.74, 6) is 0.270. The van der Waals surface area contributed by atoms with Crippen molar-refractivity contribution < 1.29 is 5.11 Å². The molecular weight excluding hydrogens is 186 g/mol. The highest BCUT2D eigenvalue weighted by Crippen LogP contribution is 2.30. The molecule has 0 aliphatic rings. The lowest BCUT2D eigenvalue weighted by Crippen LogP contribution is -1.82. The Morgan fingerprint density at radius 1 is 1.00 bits per heavy atom. The van der Waals surface area contributed by atoms with Crippen molar-refractivity contribution in [3.63, 3.8) is 0 Å². The zero-order chi connectivity index (χ0) is 9.26. The van der Waals surface area contributed by atoms with Crippen molar-refractivity contribution in [2.75, 3.05) is 4.84 Å². The summed E-state index contributed by atoms with van der Waals surface area (Å²) in [6.07, 6.45) is 0. The van der Waals surface area contributed by atoms with Gasteiger partial charge in [-0.2, -0.15) is 0 Å². The summed E-state index contributed by atoms with van der Waals surface area (Å²) in [7, 11) is 0. The Bertz CT molecular complexity index is 442. The van der Waals surface area contributed by atoms with E-state index in [9.17, 15) is 5.11 Å². The fourth-order valence-electron chi connectivity index (χ4n) is 1.37. The number of benzene rings is 2. The molecule has 0 amide bonds. The lowest BCUT2D eigenvalue weighted by atomic mass is 10.1. The van der Waals surface area contributed by atoms with Gasteiger partial charge in [0.05, 0.1) is 5.69 Å². The molecule has 0 bridgehead atoms. The molecule has 0 atom stereocenters. The topological polar surface area (TPSA) is 32.3 Å². The lowest BCUT2D eigenvalue weighted by molar-refractivity contribution is 0.481. The van der Waals surface area contributed by atoms with Gasteiger partial charge in [0.1, 0.15) is 5.75 Å². The van der Waals surface area contributed by atoms with E-state index >= 15 is 0 Å². The summed E-state index contributed by atoms with van der Waals surface area (Å²) < 4.78 is 0. The monoisotopic (exact) mass is 193 g/mol. The Kier molecular flexibility index (Phi) is 1.99. The van der Waals surface area contributed by atoms with Crippen LogP contribution in [-0.2, 0) is 0 Å². The minimum Gasteiger partial charge on any atom is -0.507 e. The first kappa shape index (κ1) is 8.20. The molecule has 0 fully saturated rings. The molecule has 0 heterocycles. The highest BCUT2D eigenvalue weighted by molar-refractivity contribution is 6.26. The first-order valence-corrected chi connectivity index (χ1v) is 4.28. The number of halogens is 1. The first-order valence-electron chi connectivity index (χ1n) is 3.90. The number of hydrogen-bond acceptors (Lipinski definition) is 2. The van der Waals surface area contributed by atoms with Crippen LogP contribution in [0.3, 0.4) is 0 Å². The third-order valence-electron chi connectivity index (χ3n) is 2.00. The van der Waals surface area contributed by atoms with E-state index in [-0.39, 0.29) is 5.75 Å². The van der Waals surface area contributed by atoms with Crippen molar-refractivity contribution in [2.45, 2.75) is 0 Å². The van der Waals surface area contributed by atoms with Crippen LogP contribution in [0.1, 0.15) is 0 Å². The van der Waals surface area contributed by atoms with Crippen LogP contribution in [0.2, 0.25) is 0 Å². The highest BCUT2D eigenvalue weighted by Gasteiger charge is 2.02. The van der Waals surface area contributed by atoms with Gasteiger partial charge in [0.2, 0.25) is 0 Å². The molecule has 13 heavy (non-hydrogen) atoms. The molecule has 0 spiro atoms. The molecule has 0 aliphatic heterocycles. The maximum absolute atomic E-state index is 9.52. The molecule has 0 unspecified atom stereocenters. The van der Waals surface area contributed by atoms with Gasteiger partial charge >= 0.3 is 0 Å². The summed E-state index contributed by atoms with van der Waals surface area (Å²) in [5.41, 5.74) is 0.801. The van der Waals surface area contributed by atoms with Gasteiger partial charge in [-0.05, 0) is 12.1 Å². The van der Waals surface area contributed by atoms with Crippen LogP contribution in [0.4, 0.5) is 5.69 Å². The van der Waals surface area contributed by atoms with Gasteiger partial charge in [-0.1, -0.05) is 24.3 Å². The Hall–Kier alpha value is -1.41. The molecule has 0 aliphatic carbocycles. The standard InChI is InChI=1S/C10H8ClNO/c11-12-9-5-6-10(13)8-4-2-1-3-7(8)9/h1-6,12-13H. The van der Waals surface area contributed by atoms with E-state index in [1.165, 1.54) is 0 Å². The maximum Gasteiger partial charge on any atom is 0.123 e. The van der Waals surface area contributed by atoms with Gasteiger partial charge in [-0.3, -0.25) is 4.84 Å². The molecule has 0 saturated heterocycles. The Balaban J connectivity index is 2.84. The molecule has 2 aromatic rings. The second kappa shape index (κ2) is 3.15. The Labute approximate surface area is 80.9 Å². The third-order valence-corrected chi connectivity index (χ3v) is 2.21. The number of phenolic OH excluding ortho intramolecular Hbond substituents is 1. The molecule has 3 heteroatoms. The highest BCUT2D eigenvalue weighted by atomic mass is 35.5. The number of anilines is 1. The van der Waals surface area contributed by atoms with Gasteiger partial charge in [0.15, 0.2) is 0 Å². The second-order valence-corrected chi connectivity index (χ2v) is 2.96. The van der Waals surface area contributed by atoms with E-state index in [1.807, 2.05) is 24.3 Å². The molecule has 2 nitrogen and oxygen atoms in total. The molecule has 66 valence electrons. The van der Waals surface area contributed by atoms with Crippen LogP contribution in [0.5, 0.6) is 5.75 Å². The number of aromatic hydroxyl groups is 1. The van der Waals surface area contributed by atoms with Crippen LogP contribution < -0.4 is 4.84 Å². The van der Waals surface area contributed by atoms with E-state index < -0.39 is 0 Å². The zero-order valence-corrected chi connectivity index (χ0v) is 7.55. The molecular formula is C10H8ClNO. The number of hydrogen-bond donors (Lipinski definition) is 2. The third kappa shape index (κ3) is 1.29. The molecule has 2 N–H and O–H groups in total. The van der Waals surface area contributed by atoms with Crippen molar-refractivity contribution in [1.82, 2.24) is 0 Å². The van der Waals surface area contributed by atoms with E-state index in [4.69, 9.17) is 11.8 Å². The van der Waals surface area contributed by atoms with Gasteiger partial charge < -0.3 is 5.11 Å². The van der Waals surface area contributed by atoms with Crippen LogP contribution in [0, 0.1) is 0 Å². The summed E-state index contributed by atoms with van der Waals surface area (Å²) in [6, 6.07) is 10.9. The van der Waals surface area contributed by atoms with Crippen molar-refractivity contribution >= 4 is 28.2 Å². The number of phenols is 1. The lowest BCUT2D eigenvalue weighted by Gasteiger charge is -2.05. The number of fused-ring (bicyclic) bond motifs is 1. The van der Waals surface area contributed by atoms with E-state index in [0.717, 1.165) is 16.5 Å². The first-order chi connectivity index (χ1) is 6.33. The van der Waals surface area contributed by atoms with Gasteiger partial charge in [0.25, 0.3) is 0 Å². The quantitative estimate of drug-likeness (QED) is 0.539.